The Bertz CT molecular complexity index is 736. The van der Waals surface area contributed by atoms with E-state index in [1.165, 1.54) is 32.1 Å². The van der Waals surface area contributed by atoms with Gasteiger partial charge < -0.3 is 19.7 Å². The molecular formula is C22H30N2O4. The predicted octanol–water partition coefficient (Wildman–Crippen LogP) is 2.88. The maximum atomic E-state index is 12.3. The molecule has 0 bridgehead atoms. The summed E-state index contributed by atoms with van der Waals surface area (Å²) in [5.74, 6) is -0.0734. The zero-order valence-electron chi connectivity index (χ0n) is 16.7. The Hall–Kier alpha value is -1.92. The maximum absolute atomic E-state index is 12.3. The fourth-order valence-electron chi connectivity index (χ4n) is 4.71. The number of amides is 2. The largest absolute Gasteiger partial charge is 0.356 e. The molecule has 6 nitrogen and oxygen atoms in total. The molecule has 0 aromatic heterocycles. The summed E-state index contributed by atoms with van der Waals surface area (Å²) in [5.41, 5.74) is 2.88. The van der Waals surface area contributed by atoms with Crippen LogP contribution in [0.15, 0.2) is 18.2 Å². The first kappa shape index (κ1) is 19.4. The van der Waals surface area contributed by atoms with Crippen molar-refractivity contribution in [2.45, 2.75) is 57.2 Å². The van der Waals surface area contributed by atoms with Gasteiger partial charge in [0.15, 0.2) is 5.79 Å². The molecule has 152 valence electrons. The molecule has 2 heterocycles. The normalized spacial score (nSPS) is 21.8. The number of likely N-dealkylation sites (N-methyl/N-ethyl adjacent to an activating group) is 1. The monoisotopic (exact) mass is 386 g/mol. The Morgan fingerprint density at radius 3 is 2.71 bits per heavy atom. The van der Waals surface area contributed by atoms with Crippen LogP contribution in [0.5, 0.6) is 0 Å². The third-order valence-corrected chi connectivity index (χ3v) is 6.33. The van der Waals surface area contributed by atoms with Crippen LogP contribution in [0.2, 0.25) is 0 Å². The summed E-state index contributed by atoms with van der Waals surface area (Å²) in [6.07, 6.45) is 7.74. The number of carbonyl (C=O) groups excluding carboxylic acids is 2. The van der Waals surface area contributed by atoms with Gasteiger partial charge in [0.05, 0.1) is 19.6 Å². The van der Waals surface area contributed by atoms with Crippen molar-refractivity contribution in [2.75, 3.05) is 31.7 Å². The Morgan fingerprint density at radius 2 is 1.96 bits per heavy atom. The van der Waals surface area contributed by atoms with E-state index in [9.17, 15) is 9.59 Å². The lowest BCUT2D eigenvalue weighted by Gasteiger charge is -2.29. The van der Waals surface area contributed by atoms with Crippen LogP contribution in [-0.2, 0) is 31.3 Å². The summed E-state index contributed by atoms with van der Waals surface area (Å²) in [6.45, 7) is 1.58. The number of hydrogen-bond donors (Lipinski definition) is 1. The summed E-state index contributed by atoms with van der Waals surface area (Å²) in [7, 11) is 1.80. The van der Waals surface area contributed by atoms with E-state index in [-0.39, 0.29) is 11.8 Å². The summed E-state index contributed by atoms with van der Waals surface area (Å²) in [6, 6.07) is 5.96. The lowest BCUT2D eigenvalue weighted by Crippen LogP contribution is -2.35. The lowest BCUT2D eigenvalue weighted by molar-refractivity contribution is -0.170. The van der Waals surface area contributed by atoms with Gasteiger partial charge in [-0.15, -0.1) is 0 Å². The molecule has 1 aromatic carbocycles. The second-order valence-corrected chi connectivity index (χ2v) is 8.23. The average Bonchev–Trinajstić information content (AvgIpc) is 3.28. The van der Waals surface area contributed by atoms with Gasteiger partial charge in [-0.3, -0.25) is 9.59 Å². The number of rotatable bonds is 6. The highest BCUT2D eigenvalue weighted by atomic mass is 16.7. The fraction of sp³-hybridized carbons (Fsp3) is 0.636. The van der Waals surface area contributed by atoms with Crippen molar-refractivity contribution < 1.29 is 19.1 Å². The van der Waals surface area contributed by atoms with Crippen molar-refractivity contribution in [2.24, 2.45) is 5.92 Å². The van der Waals surface area contributed by atoms with E-state index < -0.39 is 5.79 Å². The average molecular weight is 386 g/mol. The standard InChI is InChI=1S/C22H30N2O4/c1-24-19-8-7-18(14-17(19)15-21(24)26)22(27-11-12-28-22)9-10-23-20(25)13-16-5-3-2-4-6-16/h7-8,14,16H,2-6,9-13,15H2,1H3,(H,23,25). The molecule has 1 saturated heterocycles. The van der Waals surface area contributed by atoms with Gasteiger partial charge in [-0.05, 0) is 36.5 Å². The van der Waals surface area contributed by atoms with Crippen LogP contribution in [0.4, 0.5) is 5.69 Å². The Labute approximate surface area is 166 Å². The number of carbonyl (C=O) groups is 2. The van der Waals surface area contributed by atoms with Gasteiger partial charge in [0.2, 0.25) is 11.8 Å². The molecular weight excluding hydrogens is 356 g/mol. The molecule has 1 N–H and O–H groups in total. The molecule has 1 saturated carbocycles. The molecule has 4 rings (SSSR count). The Kier molecular flexibility index (Phi) is 5.69. The van der Waals surface area contributed by atoms with Crippen molar-refractivity contribution in [1.29, 1.82) is 0 Å². The Balaban J connectivity index is 1.38. The molecule has 2 aliphatic heterocycles. The minimum atomic E-state index is -0.836. The van der Waals surface area contributed by atoms with Gasteiger partial charge in [-0.2, -0.15) is 0 Å². The molecule has 3 aliphatic rings. The second-order valence-electron chi connectivity index (χ2n) is 8.23. The molecule has 6 heteroatoms. The summed E-state index contributed by atoms with van der Waals surface area (Å²) in [5, 5.41) is 3.06. The molecule has 2 amide bonds. The third-order valence-electron chi connectivity index (χ3n) is 6.33. The fourth-order valence-corrected chi connectivity index (χ4v) is 4.71. The van der Waals surface area contributed by atoms with Crippen molar-refractivity contribution in [3.05, 3.63) is 29.3 Å². The summed E-state index contributed by atoms with van der Waals surface area (Å²) in [4.78, 5) is 26.0. The molecule has 0 unspecified atom stereocenters. The Morgan fingerprint density at radius 1 is 1.21 bits per heavy atom. The third kappa shape index (κ3) is 3.94. The van der Waals surface area contributed by atoms with E-state index in [0.717, 1.165) is 16.8 Å². The van der Waals surface area contributed by atoms with E-state index in [0.29, 0.717) is 44.9 Å². The van der Waals surface area contributed by atoms with Gasteiger partial charge in [0, 0.05) is 37.7 Å². The van der Waals surface area contributed by atoms with Crippen LogP contribution in [0.25, 0.3) is 0 Å². The summed E-state index contributed by atoms with van der Waals surface area (Å²) < 4.78 is 12.0. The van der Waals surface area contributed by atoms with Crippen LogP contribution in [0.3, 0.4) is 0 Å². The highest BCUT2D eigenvalue weighted by molar-refractivity contribution is 6.00. The zero-order valence-corrected chi connectivity index (χ0v) is 16.7. The number of hydrogen-bond acceptors (Lipinski definition) is 4. The number of nitrogens with zero attached hydrogens (tertiary/aromatic N) is 1. The van der Waals surface area contributed by atoms with Crippen molar-refractivity contribution in [3.63, 3.8) is 0 Å². The van der Waals surface area contributed by atoms with Crippen LogP contribution in [0, 0.1) is 5.92 Å². The van der Waals surface area contributed by atoms with Gasteiger partial charge in [-0.25, -0.2) is 0 Å². The first-order chi connectivity index (χ1) is 13.6. The second kappa shape index (κ2) is 8.21. The smallest absolute Gasteiger partial charge is 0.231 e. The number of nitrogens with one attached hydrogen (secondary N) is 1. The lowest BCUT2D eigenvalue weighted by atomic mass is 9.87. The van der Waals surface area contributed by atoms with E-state index in [1.54, 1.807) is 11.9 Å². The van der Waals surface area contributed by atoms with E-state index in [2.05, 4.69) is 5.32 Å². The number of anilines is 1. The quantitative estimate of drug-likeness (QED) is 0.816. The highest BCUT2D eigenvalue weighted by Gasteiger charge is 2.39. The van der Waals surface area contributed by atoms with Crippen LogP contribution >= 0.6 is 0 Å². The van der Waals surface area contributed by atoms with Crippen LogP contribution in [-0.4, -0.2) is 38.6 Å². The van der Waals surface area contributed by atoms with Gasteiger partial charge in [0.1, 0.15) is 0 Å². The highest BCUT2D eigenvalue weighted by Crippen LogP contribution is 2.38. The van der Waals surface area contributed by atoms with Gasteiger partial charge >= 0.3 is 0 Å². The number of ether oxygens (including phenoxy) is 2. The molecule has 2 fully saturated rings. The topological polar surface area (TPSA) is 67.9 Å². The number of benzene rings is 1. The molecule has 0 radical (unpaired) electrons. The molecule has 0 atom stereocenters. The molecule has 0 spiro atoms. The molecule has 1 aromatic rings. The van der Waals surface area contributed by atoms with E-state index >= 15 is 0 Å². The number of fused-ring (bicyclic) bond motifs is 1. The van der Waals surface area contributed by atoms with E-state index in [1.807, 2.05) is 18.2 Å². The van der Waals surface area contributed by atoms with Crippen molar-refractivity contribution >= 4 is 17.5 Å². The molecule has 28 heavy (non-hydrogen) atoms. The van der Waals surface area contributed by atoms with Crippen molar-refractivity contribution in [3.8, 4) is 0 Å². The van der Waals surface area contributed by atoms with Crippen LogP contribution < -0.4 is 10.2 Å². The minimum absolute atomic E-state index is 0.101. The maximum Gasteiger partial charge on any atom is 0.231 e. The van der Waals surface area contributed by atoms with Crippen molar-refractivity contribution in [1.82, 2.24) is 5.32 Å². The first-order valence-corrected chi connectivity index (χ1v) is 10.5. The van der Waals surface area contributed by atoms with Gasteiger partial charge in [0.25, 0.3) is 0 Å². The molecule has 1 aliphatic carbocycles. The first-order valence-electron chi connectivity index (χ1n) is 10.5. The minimum Gasteiger partial charge on any atom is -0.356 e. The predicted molar refractivity (Wildman–Crippen MR) is 106 cm³/mol. The van der Waals surface area contributed by atoms with Gasteiger partial charge in [-0.1, -0.05) is 25.3 Å². The van der Waals surface area contributed by atoms with Crippen LogP contribution in [0.1, 0.15) is 56.1 Å². The SMILES string of the molecule is CN1C(=O)Cc2cc(C3(CCNC(=O)CC4CCCCC4)OCCO3)ccc21. The zero-order chi connectivity index (χ0) is 19.6. The van der Waals surface area contributed by atoms with E-state index in [4.69, 9.17) is 9.47 Å². The summed E-state index contributed by atoms with van der Waals surface area (Å²) >= 11 is 0.